The van der Waals surface area contributed by atoms with Crippen molar-refractivity contribution in [2.45, 2.75) is 52.1 Å². The first-order chi connectivity index (χ1) is 7.92. The number of ether oxygens (including phenoxy) is 1. The Morgan fingerprint density at radius 3 is 2.10 bits per heavy atom. The van der Waals surface area contributed by atoms with Gasteiger partial charge < -0.3 is 15.4 Å². The number of hydrogen-bond acceptors (Lipinski definition) is 3. The van der Waals surface area contributed by atoms with Gasteiger partial charge in [0, 0.05) is 13.1 Å². The number of nitrogens with zero attached hydrogens (tertiary/aromatic N) is 1. The molecular weight excluding hydrogens is 323 g/mol. The van der Waals surface area contributed by atoms with Gasteiger partial charge in [-0.25, -0.2) is 4.79 Å². The lowest BCUT2D eigenvalue weighted by Gasteiger charge is -2.33. The van der Waals surface area contributed by atoms with Crippen molar-refractivity contribution >= 4 is 43.3 Å². The van der Waals surface area contributed by atoms with Gasteiger partial charge in [0.05, 0.1) is 0 Å². The largest absolute Gasteiger partial charge is 0.444 e. The minimum atomic E-state index is -0.395. The van der Waals surface area contributed by atoms with Crippen LogP contribution in [0.4, 0.5) is 4.79 Å². The van der Waals surface area contributed by atoms with Crippen molar-refractivity contribution in [3.05, 3.63) is 0 Å². The average Bonchev–Trinajstić information content (AvgIpc) is 2.24. The highest BCUT2D eigenvalue weighted by molar-refractivity contribution is 5.86. The molecule has 1 aliphatic heterocycles. The van der Waals surface area contributed by atoms with Crippen molar-refractivity contribution in [1.29, 1.82) is 0 Å². The maximum atomic E-state index is 11.8. The van der Waals surface area contributed by atoms with Crippen LogP contribution in [0.3, 0.4) is 0 Å². The highest BCUT2D eigenvalue weighted by Crippen LogP contribution is 2.22. The summed E-state index contributed by atoms with van der Waals surface area (Å²) in [6, 6.07) is 0. The van der Waals surface area contributed by atoms with Crippen molar-refractivity contribution < 1.29 is 9.53 Å². The summed E-state index contributed by atoms with van der Waals surface area (Å²) >= 11 is 0. The number of carbonyl (C=O) groups excluding carboxylic acids is 1. The van der Waals surface area contributed by atoms with Crippen LogP contribution in [0.25, 0.3) is 0 Å². The second-order valence-electron chi connectivity index (χ2n) is 5.84. The van der Waals surface area contributed by atoms with Crippen LogP contribution in [0.1, 0.15) is 46.5 Å². The van der Waals surface area contributed by atoms with Gasteiger partial charge in [0.2, 0.25) is 0 Å². The number of carbonyl (C=O) groups is 1. The number of nitrogens with two attached hydrogens (primary N) is 1. The number of likely N-dealkylation sites (tertiary alicyclic amines) is 1. The summed E-state index contributed by atoms with van der Waals surface area (Å²) in [6.07, 6.45) is 4.28. The molecule has 0 radical (unpaired) electrons. The Bertz CT molecular complexity index is 252. The van der Waals surface area contributed by atoms with Gasteiger partial charge in [-0.2, -0.15) is 0 Å². The molecule has 0 aliphatic carbocycles. The van der Waals surface area contributed by atoms with Crippen molar-refractivity contribution in [2.24, 2.45) is 11.7 Å². The first-order valence-electron chi connectivity index (χ1n) is 6.60. The fraction of sp³-hybridized carbons (Fsp3) is 0.923. The second kappa shape index (κ2) is 11.7. The SMILES string of the molecule is CC(C)(C)OC(=O)N1CCC(CCCN)CC1.Cl.Cl.Cl. The van der Waals surface area contributed by atoms with E-state index in [1.165, 1.54) is 6.42 Å². The molecule has 1 fully saturated rings. The third-order valence-electron chi connectivity index (χ3n) is 3.08. The second-order valence-corrected chi connectivity index (χ2v) is 5.84. The Balaban J connectivity index is -0.000000963. The lowest BCUT2D eigenvalue weighted by atomic mass is 9.92. The number of rotatable bonds is 3. The molecule has 0 unspecified atom stereocenters. The van der Waals surface area contributed by atoms with Crippen LogP contribution in [0.5, 0.6) is 0 Å². The summed E-state index contributed by atoms with van der Waals surface area (Å²) in [5, 5.41) is 0. The summed E-state index contributed by atoms with van der Waals surface area (Å²) in [6.45, 7) is 8.12. The van der Waals surface area contributed by atoms with Crippen LogP contribution in [-0.2, 0) is 4.74 Å². The molecular formula is C13H29Cl3N2O2. The van der Waals surface area contributed by atoms with E-state index in [0.29, 0.717) is 0 Å². The van der Waals surface area contributed by atoms with Gasteiger partial charge in [-0.3, -0.25) is 0 Å². The van der Waals surface area contributed by atoms with Crippen LogP contribution in [-0.4, -0.2) is 36.2 Å². The normalized spacial score (nSPS) is 15.5. The first kappa shape index (κ1) is 25.1. The van der Waals surface area contributed by atoms with Crippen LogP contribution >= 0.6 is 37.2 Å². The van der Waals surface area contributed by atoms with E-state index in [4.69, 9.17) is 10.5 Å². The van der Waals surface area contributed by atoms with E-state index in [2.05, 4.69) is 0 Å². The molecule has 1 heterocycles. The Hall–Kier alpha value is 0.1000. The number of amides is 1. The molecule has 0 atom stereocenters. The van der Waals surface area contributed by atoms with Gasteiger partial charge in [0.15, 0.2) is 0 Å². The van der Waals surface area contributed by atoms with Crippen LogP contribution in [0.15, 0.2) is 0 Å². The molecule has 1 saturated heterocycles. The summed E-state index contributed by atoms with van der Waals surface area (Å²) in [7, 11) is 0. The molecule has 2 N–H and O–H groups in total. The Morgan fingerprint density at radius 1 is 1.20 bits per heavy atom. The quantitative estimate of drug-likeness (QED) is 0.844. The zero-order chi connectivity index (χ0) is 12.9. The maximum Gasteiger partial charge on any atom is 0.410 e. The van der Waals surface area contributed by atoms with E-state index in [1.807, 2.05) is 25.7 Å². The van der Waals surface area contributed by atoms with Crippen molar-refractivity contribution in [3.8, 4) is 0 Å². The van der Waals surface area contributed by atoms with E-state index in [1.54, 1.807) is 0 Å². The average molecular weight is 352 g/mol. The topological polar surface area (TPSA) is 55.6 Å². The smallest absolute Gasteiger partial charge is 0.410 e. The molecule has 0 aromatic heterocycles. The summed E-state index contributed by atoms with van der Waals surface area (Å²) in [4.78, 5) is 13.6. The van der Waals surface area contributed by atoms with E-state index in [-0.39, 0.29) is 43.3 Å². The van der Waals surface area contributed by atoms with E-state index in [9.17, 15) is 4.79 Å². The first-order valence-corrected chi connectivity index (χ1v) is 6.60. The molecule has 0 bridgehead atoms. The van der Waals surface area contributed by atoms with Gasteiger partial charge in [-0.15, -0.1) is 37.2 Å². The highest BCUT2D eigenvalue weighted by atomic mass is 35.5. The van der Waals surface area contributed by atoms with Crippen LogP contribution < -0.4 is 5.73 Å². The third kappa shape index (κ3) is 9.92. The Labute approximate surface area is 141 Å². The van der Waals surface area contributed by atoms with Crippen LogP contribution in [0, 0.1) is 5.92 Å². The molecule has 0 saturated carbocycles. The minimum absolute atomic E-state index is 0. The lowest BCUT2D eigenvalue weighted by molar-refractivity contribution is 0.0181. The zero-order valence-corrected chi connectivity index (χ0v) is 15.0. The number of hydrogen-bond donors (Lipinski definition) is 1. The summed E-state index contributed by atoms with van der Waals surface area (Å²) < 4.78 is 5.36. The number of piperidine rings is 1. The van der Waals surface area contributed by atoms with Gasteiger partial charge in [-0.1, -0.05) is 0 Å². The summed E-state index contributed by atoms with van der Waals surface area (Å²) in [5.41, 5.74) is 5.11. The molecule has 1 amide bonds. The lowest BCUT2D eigenvalue weighted by Crippen LogP contribution is -2.41. The molecule has 0 spiro atoms. The number of halogens is 3. The van der Waals surface area contributed by atoms with Gasteiger partial charge >= 0.3 is 6.09 Å². The van der Waals surface area contributed by atoms with Crippen molar-refractivity contribution in [2.75, 3.05) is 19.6 Å². The standard InChI is InChI=1S/C13H26N2O2.3ClH/c1-13(2,3)17-12(16)15-9-6-11(7-10-15)5-4-8-14;;;/h11H,4-10,14H2,1-3H3;3*1H. The van der Waals surface area contributed by atoms with E-state index in [0.717, 1.165) is 44.8 Å². The fourth-order valence-electron chi connectivity index (χ4n) is 2.14. The molecule has 0 aromatic rings. The van der Waals surface area contributed by atoms with Gasteiger partial charge in [0.1, 0.15) is 5.60 Å². The minimum Gasteiger partial charge on any atom is -0.444 e. The molecule has 7 heteroatoms. The van der Waals surface area contributed by atoms with Crippen molar-refractivity contribution in [3.63, 3.8) is 0 Å². The van der Waals surface area contributed by atoms with E-state index >= 15 is 0 Å². The Kier molecular flexibility index (Phi) is 14.7. The van der Waals surface area contributed by atoms with Gasteiger partial charge in [-0.05, 0) is 58.9 Å². The molecule has 1 rings (SSSR count). The predicted molar refractivity (Wildman–Crippen MR) is 90.6 cm³/mol. The fourth-order valence-corrected chi connectivity index (χ4v) is 2.14. The van der Waals surface area contributed by atoms with Crippen molar-refractivity contribution in [1.82, 2.24) is 4.90 Å². The third-order valence-corrected chi connectivity index (χ3v) is 3.08. The van der Waals surface area contributed by atoms with E-state index < -0.39 is 5.60 Å². The Morgan fingerprint density at radius 2 is 1.70 bits per heavy atom. The monoisotopic (exact) mass is 350 g/mol. The summed E-state index contributed by atoms with van der Waals surface area (Å²) in [5.74, 6) is 0.734. The molecule has 1 aliphatic rings. The van der Waals surface area contributed by atoms with Gasteiger partial charge in [0.25, 0.3) is 0 Å². The molecule has 20 heavy (non-hydrogen) atoms. The molecule has 0 aromatic carbocycles. The molecule has 124 valence electrons. The van der Waals surface area contributed by atoms with Crippen LogP contribution in [0.2, 0.25) is 0 Å². The predicted octanol–water partition coefficient (Wildman–Crippen LogP) is 3.64. The molecule has 4 nitrogen and oxygen atoms in total. The maximum absolute atomic E-state index is 11.8. The highest BCUT2D eigenvalue weighted by Gasteiger charge is 2.26. The zero-order valence-electron chi connectivity index (χ0n) is 12.6.